The Balaban J connectivity index is 1.79. The van der Waals surface area contributed by atoms with Crippen LogP contribution in [0.1, 0.15) is 45.7 Å². The van der Waals surface area contributed by atoms with Crippen molar-refractivity contribution in [2.75, 3.05) is 11.7 Å². The Labute approximate surface area is 204 Å². The van der Waals surface area contributed by atoms with Gasteiger partial charge in [0.15, 0.2) is 5.43 Å². The summed E-state index contributed by atoms with van der Waals surface area (Å²) in [5, 5.41) is 2.01. The van der Waals surface area contributed by atoms with E-state index >= 15 is 0 Å². The Bertz CT molecular complexity index is 1390. The van der Waals surface area contributed by atoms with Gasteiger partial charge in [-0.1, -0.05) is 48.0 Å². The molecule has 35 heavy (non-hydrogen) atoms. The van der Waals surface area contributed by atoms with Crippen LogP contribution in [-0.4, -0.2) is 34.4 Å². The predicted octanol–water partition coefficient (Wildman–Crippen LogP) is 4.79. The van der Waals surface area contributed by atoms with Crippen molar-refractivity contribution in [3.05, 3.63) is 97.9 Å². The van der Waals surface area contributed by atoms with Crippen molar-refractivity contribution in [3.63, 3.8) is 0 Å². The number of aromatic nitrogens is 1. The fraction of sp³-hybridized carbons (Fsp3) is 0.280. The molecule has 0 fully saturated rings. The zero-order valence-electron chi connectivity index (χ0n) is 18.8. The van der Waals surface area contributed by atoms with Crippen LogP contribution in [0.15, 0.2) is 59.5 Å². The fourth-order valence-corrected chi connectivity index (χ4v) is 4.90. The number of alkyl halides is 3. The number of rotatable bonds is 2. The van der Waals surface area contributed by atoms with Crippen molar-refractivity contribution in [1.82, 2.24) is 9.58 Å². The van der Waals surface area contributed by atoms with Crippen molar-refractivity contribution in [3.8, 4) is 5.75 Å². The minimum Gasteiger partial charge on any atom is -0.487 e. The number of carbonyl (C=O) groups is 1. The molecule has 0 saturated carbocycles. The van der Waals surface area contributed by atoms with E-state index < -0.39 is 29.6 Å². The van der Waals surface area contributed by atoms with Crippen molar-refractivity contribution < 1.29 is 22.7 Å². The average molecular weight is 504 g/mol. The number of hydrogen-bond acceptors (Lipinski definition) is 4. The number of benzene rings is 2. The molecule has 0 radical (unpaired) electrons. The van der Waals surface area contributed by atoms with E-state index in [1.807, 2.05) is 24.3 Å². The van der Waals surface area contributed by atoms with Gasteiger partial charge in [-0.15, -0.1) is 0 Å². The molecule has 0 spiro atoms. The highest BCUT2D eigenvalue weighted by molar-refractivity contribution is 6.32. The predicted molar refractivity (Wildman–Crippen MR) is 124 cm³/mol. The maximum absolute atomic E-state index is 13.8. The number of fused-ring (bicyclic) bond motifs is 3. The second-order valence-corrected chi connectivity index (χ2v) is 9.03. The lowest BCUT2D eigenvalue weighted by molar-refractivity contribution is -0.173. The summed E-state index contributed by atoms with van der Waals surface area (Å²) in [4.78, 5) is 26.5. The SMILES string of the molecule is Cc1c2n(ccc1=O)N(C1c3ccccc3COc3c(Cl)cccc31)CN([C@H](C)C(F)(F)F)C2=O. The maximum Gasteiger partial charge on any atom is 0.408 e. The van der Waals surface area contributed by atoms with Gasteiger partial charge in [-0.2, -0.15) is 13.2 Å². The number of carbonyl (C=O) groups excluding carboxylic acids is 1. The lowest BCUT2D eigenvalue weighted by Crippen LogP contribution is -2.60. The summed E-state index contributed by atoms with van der Waals surface area (Å²) in [5.74, 6) is -0.437. The van der Waals surface area contributed by atoms with Gasteiger partial charge in [0.05, 0.1) is 5.02 Å². The standard InChI is InChI=1S/C25H21ClF3N3O3/c1-14-20(33)10-11-31-21(14)24(34)30(15(2)25(27,28)29)13-32(31)22-17-7-4-3-6-16(17)12-35-23-18(22)8-5-9-19(23)26/h3-11,15,22H,12-13H2,1-2H3/t15-,22?/m1/s1. The van der Waals surface area contributed by atoms with Gasteiger partial charge < -0.3 is 9.64 Å². The third-order valence-electron chi connectivity index (χ3n) is 6.61. The van der Waals surface area contributed by atoms with Crippen LogP contribution in [0.4, 0.5) is 13.2 Å². The molecule has 1 aromatic heterocycles. The highest BCUT2D eigenvalue weighted by atomic mass is 35.5. The molecule has 6 nitrogen and oxygen atoms in total. The van der Waals surface area contributed by atoms with Crippen LogP contribution >= 0.6 is 11.6 Å². The molecule has 1 unspecified atom stereocenters. The third kappa shape index (κ3) is 3.74. The Morgan fingerprint density at radius 2 is 1.77 bits per heavy atom. The number of ether oxygens (including phenoxy) is 1. The summed E-state index contributed by atoms with van der Waals surface area (Å²) < 4.78 is 48.9. The van der Waals surface area contributed by atoms with Crippen LogP contribution < -0.4 is 15.2 Å². The number of pyridine rings is 1. The molecule has 2 aromatic carbocycles. The number of para-hydroxylation sites is 1. The molecule has 10 heteroatoms. The van der Waals surface area contributed by atoms with Gasteiger partial charge in [0.1, 0.15) is 36.8 Å². The average Bonchev–Trinajstić information content (AvgIpc) is 2.98. The summed E-state index contributed by atoms with van der Waals surface area (Å²) in [5.41, 5.74) is 1.80. The molecule has 0 saturated heterocycles. The molecule has 3 heterocycles. The van der Waals surface area contributed by atoms with Crippen LogP contribution in [0.3, 0.4) is 0 Å². The molecule has 2 aliphatic rings. The molecule has 0 N–H and O–H groups in total. The Kier molecular flexibility index (Phi) is 5.55. The first kappa shape index (κ1) is 23.3. The van der Waals surface area contributed by atoms with Crippen molar-refractivity contribution in [2.24, 2.45) is 0 Å². The van der Waals surface area contributed by atoms with E-state index in [2.05, 4.69) is 0 Å². The summed E-state index contributed by atoms with van der Waals surface area (Å²) >= 11 is 6.47. The van der Waals surface area contributed by atoms with Crippen LogP contribution in [-0.2, 0) is 6.61 Å². The summed E-state index contributed by atoms with van der Waals surface area (Å²) in [7, 11) is 0. The molecule has 2 atom stereocenters. The number of hydrogen-bond donors (Lipinski definition) is 0. The summed E-state index contributed by atoms with van der Waals surface area (Å²) in [6.45, 7) is 2.23. The molecule has 0 aliphatic carbocycles. The van der Waals surface area contributed by atoms with Gasteiger partial charge in [0, 0.05) is 23.4 Å². The molecule has 0 bridgehead atoms. The Morgan fingerprint density at radius 1 is 1.06 bits per heavy atom. The number of nitrogens with zero attached hydrogens (tertiary/aromatic N) is 3. The van der Waals surface area contributed by atoms with Crippen molar-refractivity contribution >= 4 is 17.5 Å². The zero-order valence-corrected chi connectivity index (χ0v) is 19.6. The first-order chi connectivity index (χ1) is 16.6. The van der Waals surface area contributed by atoms with Gasteiger partial charge in [0.2, 0.25) is 0 Å². The lowest BCUT2D eigenvalue weighted by Gasteiger charge is -2.46. The van der Waals surface area contributed by atoms with E-state index in [1.54, 1.807) is 23.2 Å². The highest BCUT2D eigenvalue weighted by Crippen LogP contribution is 2.43. The maximum atomic E-state index is 13.8. The molecule has 3 aromatic rings. The van der Waals surface area contributed by atoms with Gasteiger partial charge >= 0.3 is 6.18 Å². The first-order valence-corrected chi connectivity index (χ1v) is 11.3. The Hall–Kier alpha value is -3.46. The second-order valence-electron chi connectivity index (χ2n) is 8.62. The van der Waals surface area contributed by atoms with E-state index in [-0.39, 0.29) is 24.5 Å². The van der Waals surface area contributed by atoms with E-state index in [9.17, 15) is 22.8 Å². The van der Waals surface area contributed by atoms with E-state index in [0.29, 0.717) is 16.3 Å². The molecule has 1 amide bonds. The van der Waals surface area contributed by atoms with Crippen molar-refractivity contribution in [1.29, 1.82) is 0 Å². The van der Waals surface area contributed by atoms with Crippen LogP contribution in [0, 0.1) is 6.92 Å². The minimum atomic E-state index is -4.65. The van der Waals surface area contributed by atoms with E-state index in [0.717, 1.165) is 23.0 Å². The summed E-state index contributed by atoms with van der Waals surface area (Å²) in [6.07, 6.45) is -3.23. The van der Waals surface area contributed by atoms with Gasteiger partial charge in [-0.3, -0.25) is 19.3 Å². The molecular formula is C25H21ClF3N3O3. The molecule has 182 valence electrons. The molecule has 2 aliphatic heterocycles. The zero-order chi connectivity index (χ0) is 25.1. The van der Waals surface area contributed by atoms with Crippen LogP contribution in [0.5, 0.6) is 5.75 Å². The monoisotopic (exact) mass is 503 g/mol. The number of amides is 1. The Morgan fingerprint density at radius 3 is 2.51 bits per heavy atom. The van der Waals surface area contributed by atoms with E-state index in [4.69, 9.17) is 16.3 Å². The highest BCUT2D eigenvalue weighted by Gasteiger charge is 2.47. The third-order valence-corrected chi connectivity index (χ3v) is 6.91. The van der Waals surface area contributed by atoms with Crippen LogP contribution in [0.25, 0.3) is 0 Å². The van der Waals surface area contributed by atoms with Gasteiger partial charge in [0.25, 0.3) is 5.91 Å². The van der Waals surface area contributed by atoms with Gasteiger partial charge in [-0.25, -0.2) is 0 Å². The topological polar surface area (TPSA) is 54.8 Å². The van der Waals surface area contributed by atoms with Gasteiger partial charge in [-0.05, 0) is 31.0 Å². The molecular weight excluding hydrogens is 483 g/mol. The fourth-order valence-electron chi connectivity index (χ4n) is 4.67. The number of halogens is 4. The molecule has 5 rings (SSSR count). The second kappa shape index (κ2) is 8.34. The van der Waals surface area contributed by atoms with Crippen LogP contribution in [0.2, 0.25) is 5.02 Å². The smallest absolute Gasteiger partial charge is 0.408 e. The minimum absolute atomic E-state index is 0.0750. The van der Waals surface area contributed by atoms with Crippen molar-refractivity contribution in [2.45, 2.75) is 38.7 Å². The first-order valence-electron chi connectivity index (χ1n) is 11.0. The lowest BCUT2D eigenvalue weighted by atomic mass is 9.94. The normalized spacial score (nSPS) is 18.2. The van der Waals surface area contributed by atoms with E-state index in [1.165, 1.54) is 23.9 Å². The largest absolute Gasteiger partial charge is 0.487 e. The summed E-state index contributed by atoms with van der Waals surface area (Å²) in [6, 6.07) is 11.3. The quantitative estimate of drug-likeness (QED) is 0.504.